The van der Waals surface area contributed by atoms with Crippen LogP contribution in [0.4, 0.5) is 0 Å². The normalized spacial score (nSPS) is 15.5. The maximum absolute atomic E-state index is 13.2. The van der Waals surface area contributed by atoms with Crippen LogP contribution in [0.3, 0.4) is 0 Å². The number of carbonyl (C=O) groups is 1. The van der Waals surface area contributed by atoms with Gasteiger partial charge in [-0.2, -0.15) is 25.3 Å². The maximum atomic E-state index is 13.2. The molecule has 31 heavy (non-hydrogen) atoms. The lowest BCUT2D eigenvalue weighted by molar-refractivity contribution is -0.00430. The molecule has 6 heteroatoms. The van der Waals surface area contributed by atoms with E-state index in [2.05, 4.69) is 69.1 Å². The van der Waals surface area contributed by atoms with Crippen molar-refractivity contribution >= 4 is 42.8 Å². The van der Waals surface area contributed by atoms with Gasteiger partial charge in [0.15, 0.2) is 5.78 Å². The molecule has 0 saturated carbocycles. The molecule has 0 N–H and O–H groups in total. The van der Waals surface area contributed by atoms with Crippen molar-refractivity contribution in [1.82, 2.24) is 4.90 Å². The quantitative estimate of drug-likeness (QED) is 0.221. The third-order valence-corrected chi connectivity index (χ3v) is 8.13. The van der Waals surface area contributed by atoms with E-state index in [-0.39, 0.29) is 10.4 Å². The Labute approximate surface area is 202 Å². The lowest BCUT2D eigenvalue weighted by atomic mass is 9.91. The third-order valence-electron chi connectivity index (χ3n) is 6.52. The molecule has 0 amide bonds. The Bertz CT molecular complexity index is 933. The molecule has 0 spiro atoms. The third kappa shape index (κ3) is 5.53. The molecule has 0 radical (unpaired) electrons. The van der Waals surface area contributed by atoms with Crippen LogP contribution >= 0.6 is 37.0 Å². The Morgan fingerprint density at radius 2 is 1.68 bits per heavy atom. The first-order valence-electron chi connectivity index (χ1n) is 10.7. The largest absolute Gasteiger partial charge is 0.379 e. The number of hydrogen-bond acceptors (Lipinski definition) is 6. The zero-order valence-corrected chi connectivity index (χ0v) is 21.7. The number of ether oxygens (including phenoxy) is 1. The van der Waals surface area contributed by atoms with Crippen LogP contribution in [0, 0.1) is 20.8 Å². The van der Waals surface area contributed by atoms with Gasteiger partial charge in [-0.05, 0) is 74.6 Å². The maximum Gasteiger partial charge on any atom is 0.182 e. The molecular formula is C25H33NO2S3. The molecular weight excluding hydrogens is 442 g/mol. The molecule has 168 valence electrons. The molecule has 1 fully saturated rings. The summed E-state index contributed by atoms with van der Waals surface area (Å²) in [4.78, 5) is 16.5. The van der Waals surface area contributed by atoms with Crippen LogP contribution in [0.15, 0.2) is 35.2 Å². The minimum atomic E-state index is -0.526. The molecule has 0 bridgehead atoms. The van der Waals surface area contributed by atoms with E-state index in [4.69, 9.17) is 4.74 Å². The van der Waals surface area contributed by atoms with Gasteiger partial charge in [0.05, 0.1) is 23.3 Å². The molecule has 1 aliphatic rings. The van der Waals surface area contributed by atoms with E-state index < -0.39 is 5.54 Å². The minimum Gasteiger partial charge on any atom is -0.379 e. The molecule has 3 rings (SSSR count). The molecule has 1 heterocycles. The lowest BCUT2D eigenvalue weighted by Crippen LogP contribution is -2.54. The van der Waals surface area contributed by atoms with Crippen LogP contribution in [0.2, 0.25) is 0 Å². The Balaban J connectivity index is 1.71. The first-order valence-corrected chi connectivity index (χ1v) is 12.7. The second-order valence-electron chi connectivity index (χ2n) is 8.67. The number of Topliss-reactive ketones (excluding diaryl/α,β-unsaturated/α-hetero) is 1. The summed E-state index contributed by atoms with van der Waals surface area (Å²) in [7, 11) is 0. The van der Waals surface area contributed by atoms with Crippen molar-refractivity contribution in [3.63, 3.8) is 0 Å². The first kappa shape index (κ1) is 24.7. The molecule has 1 aliphatic heterocycles. The zero-order chi connectivity index (χ0) is 22.8. The Morgan fingerprint density at radius 3 is 2.26 bits per heavy atom. The average Bonchev–Trinajstić information content (AvgIpc) is 2.77. The van der Waals surface area contributed by atoms with Gasteiger partial charge in [-0.15, -0.1) is 11.8 Å². The van der Waals surface area contributed by atoms with Crippen LogP contribution in [0.5, 0.6) is 0 Å². The summed E-state index contributed by atoms with van der Waals surface area (Å²) in [6.07, 6.45) is 0. The van der Waals surface area contributed by atoms with Crippen LogP contribution < -0.4 is 0 Å². The molecule has 0 atom stereocenters. The summed E-state index contributed by atoms with van der Waals surface area (Å²) < 4.78 is 5.36. The van der Waals surface area contributed by atoms with Crippen molar-refractivity contribution in [2.45, 2.75) is 55.4 Å². The van der Waals surface area contributed by atoms with Crippen molar-refractivity contribution in [1.29, 1.82) is 0 Å². The highest BCUT2D eigenvalue weighted by Gasteiger charge is 2.35. The van der Waals surface area contributed by atoms with Crippen LogP contribution in [0.25, 0.3) is 0 Å². The van der Waals surface area contributed by atoms with Gasteiger partial charge in [0.25, 0.3) is 0 Å². The van der Waals surface area contributed by atoms with Gasteiger partial charge in [0.2, 0.25) is 0 Å². The molecule has 1 saturated heterocycles. The number of rotatable bonds is 7. The van der Waals surface area contributed by atoms with Gasteiger partial charge in [-0.1, -0.05) is 18.2 Å². The van der Waals surface area contributed by atoms with Gasteiger partial charge in [-0.25, -0.2) is 0 Å². The fraction of sp³-hybridized carbons (Fsp3) is 0.480. The second kappa shape index (κ2) is 10.3. The van der Waals surface area contributed by atoms with Crippen LogP contribution in [0.1, 0.15) is 56.6 Å². The lowest BCUT2D eigenvalue weighted by Gasteiger charge is -2.39. The highest BCUT2D eigenvalue weighted by Crippen LogP contribution is 2.34. The molecule has 0 aromatic heterocycles. The van der Waals surface area contributed by atoms with Crippen molar-refractivity contribution in [3.05, 3.63) is 63.7 Å². The van der Waals surface area contributed by atoms with Gasteiger partial charge in [-0.3, -0.25) is 9.69 Å². The van der Waals surface area contributed by atoms with E-state index in [1.165, 1.54) is 27.8 Å². The van der Waals surface area contributed by atoms with E-state index in [0.717, 1.165) is 29.3 Å². The van der Waals surface area contributed by atoms with Gasteiger partial charge in [0, 0.05) is 29.3 Å². The molecule has 0 aliphatic carbocycles. The number of thiol groups is 2. The molecule has 3 nitrogen and oxygen atoms in total. The van der Waals surface area contributed by atoms with E-state index in [0.29, 0.717) is 13.2 Å². The number of hydrogen-bond donors (Lipinski definition) is 2. The Hall–Kier alpha value is -0.920. The average molecular weight is 476 g/mol. The Kier molecular flexibility index (Phi) is 8.25. The van der Waals surface area contributed by atoms with Crippen molar-refractivity contribution < 1.29 is 9.53 Å². The number of ketones is 1. The minimum absolute atomic E-state index is 0.0804. The summed E-state index contributed by atoms with van der Waals surface area (Å²) in [5, 5.41) is 0. The van der Waals surface area contributed by atoms with Crippen molar-refractivity contribution in [2.24, 2.45) is 0 Å². The number of thioether (sulfide) groups is 1. The fourth-order valence-corrected chi connectivity index (χ4v) is 5.53. The predicted molar refractivity (Wildman–Crippen MR) is 138 cm³/mol. The topological polar surface area (TPSA) is 29.5 Å². The Morgan fingerprint density at radius 1 is 1.06 bits per heavy atom. The van der Waals surface area contributed by atoms with Crippen molar-refractivity contribution in [2.75, 3.05) is 26.3 Å². The second-order valence-corrected chi connectivity index (χ2v) is 11.2. The smallest absolute Gasteiger partial charge is 0.182 e. The summed E-state index contributed by atoms with van der Waals surface area (Å²) in [6.45, 7) is 13.5. The number of morpholine rings is 1. The molecule has 0 unspecified atom stereocenters. The summed E-state index contributed by atoms with van der Waals surface area (Å²) in [5.41, 5.74) is 6.64. The molecule has 2 aromatic carbocycles. The molecule has 2 aromatic rings. The van der Waals surface area contributed by atoms with E-state index in [9.17, 15) is 4.79 Å². The predicted octanol–water partition coefficient (Wildman–Crippen LogP) is 6.06. The highest BCUT2D eigenvalue weighted by atomic mass is 32.2. The standard InChI is InChI=1S/C25H33NO2S3/c1-16-17(2)20(14-22(18(16)3)24(29)30)15-31-21-8-6-19(7-9-21)23(27)25(4,5)26-10-12-28-13-11-26/h6-9,14,24,29-30H,10-13,15H2,1-5H3. The first-order chi connectivity index (χ1) is 14.6. The SMILES string of the molecule is Cc1c(CSc2ccc(C(=O)C(C)(C)N3CCOCC3)cc2)cc(C(S)S)c(C)c1C. The fourth-order valence-electron chi connectivity index (χ4n) is 4.04. The number of nitrogens with zero attached hydrogens (tertiary/aromatic N) is 1. The van der Waals surface area contributed by atoms with E-state index >= 15 is 0 Å². The van der Waals surface area contributed by atoms with E-state index in [1.807, 2.05) is 26.0 Å². The number of carbonyl (C=O) groups excluding carboxylic acids is 1. The van der Waals surface area contributed by atoms with Crippen LogP contribution in [-0.4, -0.2) is 42.5 Å². The summed E-state index contributed by atoms with van der Waals surface area (Å²) in [5.74, 6) is 1.04. The van der Waals surface area contributed by atoms with Gasteiger partial charge >= 0.3 is 0 Å². The monoisotopic (exact) mass is 475 g/mol. The highest BCUT2D eigenvalue weighted by molar-refractivity contribution is 7.98. The van der Waals surface area contributed by atoms with Crippen LogP contribution in [-0.2, 0) is 10.5 Å². The van der Waals surface area contributed by atoms with Crippen molar-refractivity contribution in [3.8, 4) is 0 Å². The summed E-state index contributed by atoms with van der Waals surface area (Å²) >= 11 is 10.9. The number of benzene rings is 2. The van der Waals surface area contributed by atoms with Gasteiger partial charge in [0.1, 0.15) is 0 Å². The zero-order valence-electron chi connectivity index (χ0n) is 19.1. The van der Waals surface area contributed by atoms with Gasteiger partial charge < -0.3 is 4.74 Å². The summed E-state index contributed by atoms with van der Waals surface area (Å²) in [6, 6.07) is 10.3. The van der Waals surface area contributed by atoms with E-state index in [1.54, 1.807) is 11.8 Å².